The zero-order chi connectivity index (χ0) is 14.5. The number of anilines is 1. The van der Waals surface area contributed by atoms with Crippen LogP contribution >= 0.6 is 0 Å². The van der Waals surface area contributed by atoms with E-state index in [9.17, 15) is 4.39 Å². The Morgan fingerprint density at radius 3 is 2.85 bits per heavy atom. The van der Waals surface area contributed by atoms with Crippen LogP contribution in [0.2, 0.25) is 0 Å². The largest absolute Gasteiger partial charge is 0.288 e. The van der Waals surface area contributed by atoms with Crippen LogP contribution in [0.1, 0.15) is 5.69 Å². The molecule has 2 aromatic rings. The smallest absolute Gasteiger partial charge is 0.159 e. The van der Waals surface area contributed by atoms with E-state index in [1.54, 1.807) is 37.4 Å². The van der Waals surface area contributed by atoms with Gasteiger partial charge < -0.3 is 0 Å². The van der Waals surface area contributed by atoms with Crippen molar-refractivity contribution in [1.82, 2.24) is 15.4 Å². The van der Waals surface area contributed by atoms with Crippen LogP contribution in [0, 0.1) is 12.7 Å². The molecule has 0 fully saturated rings. The third kappa shape index (κ3) is 3.09. The van der Waals surface area contributed by atoms with Gasteiger partial charge in [-0.05, 0) is 31.2 Å². The van der Waals surface area contributed by atoms with Crippen molar-refractivity contribution in [3.8, 4) is 11.4 Å². The summed E-state index contributed by atoms with van der Waals surface area (Å²) in [7, 11) is 3.34. The quantitative estimate of drug-likeness (QED) is 0.527. The molecule has 1 aromatic carbocycles. The van der Waals surface area contributed by atoms with Gasteiger partial charge in [-0.2, -0.15) is 0 Å². The van der Waals surface area contributed by atoms with Crippen molar-refractivity contribution < 1.29 is 4.39 Å². The lowest BCUT2D eigenvalue weighted by Crippen LogP contribution is -2.33. The molecule has 1 aromatic heterocycles. The number of rotatable bonds is 4. The van der Waals surface area contributed by atoms with Crippen LogP contribution in [0.3, 0.4) is 0 Å². The number of aryl methyl sites for hydroxylation is 1. The van der Waals surface area contributed by atoms with Gasteiger partial charge in [0.25, 0.3) is 0 Å². The van der Waals surface area contributed by atoms with E-state index in [4.69, 9.17) is 0 Å². The number of aliphatic imine (C=N–C) groups is 1. The Balaban J connectivity index is 2.38. The number of hydrazine groups is 1. The van der Waals surface area contributed by atoms with Crippen LogP contribution in [0.25, 0.3) is 11.4 Å². The second-order valence-corrected chi connectivity index (χ2v) is 4.26. The van der Waals surface area contributed by atoms with Crippen molar-refractivity contribution in [2.24, 2.45) is 4.99 Å². The molecular weight excluding hydrogens is 257 g/mol. The highest BCUT2D eigenvalue weighted by Crippen LogP contribution is 2.24. The van der Waals surface area contributed by atoms with E-state index in [2.05, 4.69) is 20.4 Å². The molecule has 2 rings (SSSR count). The average molecular weight is 273 g/mol. The molecule has 1 N–H and O–H groups in total. The first kappa shape index (κ1) is 13.9. The highest BCUT2D eigenvalue weighted by atomic mass is 19.1. The summed E-state index contributed by atoms with van der Waals surface area (Å²) in [4.78, 5) is 12.3. The number of hydrogen-bond acceptors (Lipinski definition) is 4. The Morgan fingerprint density at radius 1 is 1.35 bits per heavy atom. The maximum Gasteiger partial charge on any atom is 0.159 e. The predicted octanol–water partition coefficient (Wildman–Crippen LogP) is 2.19. The Hall–Kier alpha value is -2.50. The highest BCUT2D eigenvalue weighted by Gasteiger charge is 2.10. The lowest BCUT2D eigenvalue weighted by atomic mass is 10.1. The first-order chi connectivity index (χ1) is 9.61. The number of aromatic nitrogens is 2. The predicted molar refractivity (Wildman–Crippen MR) is 78.1 cm³/mol. The Morgan fingerprint density at radius 2 is 2.15 bits per heavy atom. The van der Waals surface area contributed by atoms with Gasteiger partial charge in [-0.1, -0.05) is 0 Å². The lowest BCUT2D eigenvalue weighted by molar-refractivity contribution is 0.620. The molecule has 6 heteroatoms. The fourth-order valence-electron chi connectivity index (χ4n) is 1.71. The standard InChI is InChI=1S/C14H16FN5/c1-10-6-7-17-14(19-10)11-4-5-12(15)13(8-11)20(3)18-9-16-2/h4-9H,1-3H3,(H,16,18). The van der Waals surface area contributed by atoms with E-state index >= 15 is 0 Å². The first-order valence-corrected chi connectivity index (χ1v) is 6.12. The number of hydrogen-bond donors (Lipinski definition) is 1. The van der Waals surface area contributed by atoms with E-state index in [0.29, 0.717) is 11.5 Å². The lowest BCUT2D eigenvalue weighted by Gasteiger charge is -2.19. The monoisotopic (exact) mass is 273 g/mol. The summed E-state index contributed by atoms with van der Waals surface area (Å²) < 4.78 is 13.9. The number of nitrogens with zero attached hydrogens (tertiary/aromatic N) is 4. The summed E-state index contributed by atoms with van der Waals surface area (Å²) >= 11 is 0. The SMILES string of the molecule is CN=CNN(C)c1cc(-c2nccc(C)n2)ccc1F. The van der Waals surface area contributed by atoms with Crippen LogP contribution in [0.15, 0.2) is 35.5 Å². The number of nitrogens with one attached hydrogen (secondary N) is 1. The van der Waals surface area contributed by atoms with Gasteiger partial charge in [-0.3, -0.25) is 15.4 Å². The van der Waals surface area contributed by atoms with Gasteiger partial charge in [-0.15, -0.1) is 0 Å². The molecule has 0 aliphatic rings. The highest BCUT2D eigenvalue weighted by molar-refractivity contribution is 5.66. The third-order valence-electron chi connectivity index (χ3n) is 2.74. The third-order valence-corrected chi connectivity index (χ3v) is 2.74. The minimum absolute atomic E-state index is 0.332. The van der Waals surface area contributed by atoms with E-state index in [1.807, 2.05) is 13.0 Å². The van der Waals surface area contributed by atoms with Crippen LogP contribution in [0.4, 0.5) is 10.1 Å². The Labute approximate surface area is 117 Å². The molecule has 0 amide bonds. The van der Waals surface area contributed by atoms with Crippen molar-refractivity contribution in [2.75, 3.05) is 19.1 Å². The molecule has 5 nitrogen and oxygen atoms in total. The van der Waals surface area contributed by atoms with Crippen molar-refractivity contribution in [1.29, 1.82) is 0 Å². The molecule has 0 unspecified atom stereocenters. The molecule has 0 saturated heterocycles. The fraction of sp³-hybridized carbons (Fsp3) is 0.214. The summed E-state index contributed by atoms with van der Waals surface area (Å²) in [5, 5.41) is 1.54. The summed E-state index contributed by atoms with van der Waals surface area (Å²) in [6.07, 6.45) is 3.17. The second kappa shape index (κ2) is 6.10. The van der Waals surface area contributed by atoms with Gasteiger partial charge in [0.05, 0.1) is 5.69 Å². The molecule has 0 spiro atoms. The molecule has 0 saturated carbocycles. The summed E-state index contributed by atoms with van der Waals surface area (Å²) in [5.41, 5.74) is 4.86. The summed E-state index contributed by atoms with van der Waals surface area (Å²) in [5.74, 6) is 0.240. The molecule has 20 heavy (non-hydrogen) atoms. The fourth-order valence-corrected chi connectivity index (χ4v) is 1.71. The first-order valence-electron chi connectivity index (χ1n) is 6.12. The molecule has 0 bridgehead atoms. The second-order valence-electron chi connectivity index (χ2n) is 4.26. The van der Waals surface area contributed by atoms with E-state index in [-0.39, 0.29) is 5.82 Å². The topological polar surface area (TPSA) is 53.4 Å². The zero-order valence-corrected chi connectivity index (χ0v) is 11.6. The average Bonchev–Trinajstić information content (AvgIpc) is 2.45. The van der Waals surface area contributed by atoms with Gasteiger partial charge in [0.2, 0.25) is 0 Å². The maximum atomic E-state index is 13.9. The number of halogens is 1. The van der Waals surface area contributed by atoms with E-state index in [0.717, 1.165) is 11.3 Å². The molecule has 0 atom stereocenters. The van der Waals surface area contributed by atoms with Crippen molar-refractivity contribution in [2.45, 2.75) is 6.92 Å². The van der Waals surface area contributed by atoms with Gasteiger partial charge in [0, 0.05) is 31.5 Å². The molecular formula is C14H16FN5. The molecule has 0 aliphatic heterocycles. The van der Waals surface area contributed by atoms with E-state index < -0.39 is 0 Å². The molecule has 104 valence electrons. The molecule has 0 aliphatic carbocycles. The van der Waals surface area contributed by atoms with Gasteiger partial charge in [0.15, 0.2) is 5.82 Å². The van der Waals surface area contributed by atoms with Gasteiger partial charge in [0.1, 0.15) is 12.2 Å². The van der Waals surface area contributed by atoms with Crippen molar-refractivity contribution in [3.05, 3.63) is 42.0 Å². The van der Waals surface area contributed by atoms with E-state index in [1.165, 1.54) is 12.4 Å². The summed E-state index contributed by atoms with van der Waals surface area (Å²) in [6, 6.07) is 6.58. The van der Waals surface area contributed by atoms with Crippen LogP contribution in [0.5, 0.6) is 0 Å². The van der Waals surface area contributed by atoms with Gasteiger partial charge >= 0.3 is 0 Å². The summed E-state index contributed by atoms with van der Waals surface area (Å²) in [6.45, 7) is 1.89. The molecule has 1 heterocycles. The maximum absolute atomic E-state index is 13.9. The normalized spacial score (nSPS) is 10.8. The number of benzene rings is 1. The van der Waals surface area contributed by atoms with Gasteiger partial charge in [-0.25, -0.2) is 14.4 Å². The zero-order valence-electron chi connectivity index (χ0n) is 11.6. The molecule has 0 radical (unpaired) electrons. The van der Waals surface area contributed by atoms with Crippen molar-refractivity contribution >= 4 is 12.0 Å². The van der Waals surface area contributed by atoms with Crippen LogP contribution < -0.4 is 10.4 Å². The minimum Gasteiger partial charge on any atom is -0.288 e. The van der Waals surface area contributed by atoms with Crippen LogP contribution in [-0.2, 0) is 0 Å². The Kier molecular flexibility index (Phi) is 4.24. The van der Waals surface area contributed by atoms with Crippen LogP contribution in [-0.4, -0.2) is 30.4 Å². The van der Waals surface area contributed by atoms with Crippen molar-refractivity contribution in [3.63, 3.8) is 0 Å². The Bertz CT molecular complexity index is 627. The minimum atomic E-state index is -0.332.